The highest BCUT2D eigenvalue weighted by molar-refractivity contribution is 7.89. The van der Waals surface area contributed by atoms with Crippen LogP contribution in [0.25, 0.3) is 0 Å². The van der Waals surface area contributed by atoms with E-state index >= 15 is 0 Å². The second-order valence-corrected chi connectivity index (χ2v) is 8.13. The van der Waals surface area contributed by atoms with Crippen molar-refractivity contribution in [3.05, 3.63) is 29.3 Å². The van der Waals surface area contributed by atoms with Crippen LogP contribution in [-0.4, -0.2) is 49.4 Å². The van der Waals surface area contributed by atoms with E-state index in [9.17, 15) is 18.0 Å². The van der Waals surface area contributed by atoms with Crippen molar-refractivity contribution in [2.75, 3.05) is 13.1 Å². The molecule has 0 atom stereocenters. The van der Waals surface area contributed by atoms with E-state index in [1.807, 2.05) is 0 Å². The third kappa shape index (κ3) is 5.98. The van der Waals surface area contributed by atoms with Crippen molar-refractivity contribution in [3.8, 4) is 0 Å². The average molecular weight is 389 g/mol. The molecule has 1 heterocycles. The van der Waals surface area contributed by atoms with Gasteiger partial charge in [0.05, 0.1) is 4.90 Å². The highest BCUT2D eigenvalue weighted by atomic mass is 35.5. The van der Waals surface area contributed by atoms with Crippen LogP contribution in [0.3, 0.4) is 0 Å². The number of hydrogen-bond donors (Lipinski definition) is 2. The summed E-state index contributed by atoms with van der Waals surface area (Å²) in [6, 6.07) is 5.71. The van der Waals surface area contributed by atoms with Gasteiger partial charge in [0.25, 0.3) is 0 Å². The third-order valence-corrected chi connectivity index (χ3v) is 5.86. The predicted octanol–water partition coefficient (Wildman–Crippen LogP) is 1.86. The molecule has 2 N–H and O–H groups in total. The first-order chi connectivity index (χ1) is 11.8. The lowest BCUT2D eigenvalue weighted by Crippen LogP contribution is -2.46. The number of carbonyl (C=O) groups excluding carboxylic acids is 1. The van der Waals surface area contributed by atoms with Gasteiger partial charge in [-0.2, -0.15) is 0 Å². The van der Waals surface area contributed by atoms with Crippen LogP contribution in [0, 0.1) is 0 Å². The van der Waals surface area contributed by atoms with E-state index in [1.165, 1.54) is 24.3 Å². The van der Waals surface area contributed by atoms with E-state index < -0.39 is 16.0 Å². The zero-order valence-corrected chi connectivity index (χ0v) is 15.2. The fourth-order valence-corrected chi connectivity index (χ4v) is 4.13. The zero-order chi connectivity index (χ0) is 18.4. The number of nitrogens with zero attached hydrogens (tertiary/aromatic N) is 1. The summed E-state index contributed by atoms with van der Waals surface area (Å²) in [6.45, 7) is 0.916. The third-order valence-electron chi connectivity index (χ3n) is 4.07. The second kappa shape index (κ2) is 8.64. The molecule has 0 radical (unpaired) electrons. The number of carboxylic acids is 1. The summed E-state index contributed by atoms with van der Waals surface area (Å²) in [7, 11) is -3.62. The monoisotopic (exact) mass is 388 g/mol. The molecule has 9 heteroatoms. The Bertz CT molecular complexity index is 713. The summed E-state index contributed by atoms with van der Waals surface area (Å²) in [5.74, 6) is -0.997. The molecule has 138 valence electrons. The first kappa shape index (κ1) is 19.7. The number of sulfonamides is 1. The lowest BCUT2D eigenvalue weighted by atomic mass is 10.1. The number of benzene rings is 1. The normalized spacial score (nSPS) is 16.0. The maximum atomic E-state index is 12.3. The highest BCUT2D eigenvalue weighted by Crippen LogP contribution is 2.18. The molecule has 7 nitrogen and oxygen atoms in total. The molecule has 0 aromatic heterocycles. The van der Waals surface area contributed by atoms with Gasteiger partial charge < -0.3 is 10.0 Å². The number of piperidine rings is 1. The minimum Gasteiger partial charge on any atom is -0.481 e. The Morgan fingerprint density at radius 2 is 1.76 bits per heavy atom. The van der Waals surface area contributed by atoms with E-state index in [0.717, 1.165) is 0 Å². The van der Waals surface area contributed by atoms with Crippen LogP contribution in [0.2, 0.25) is 5.02 Å². The van der Waals surface area contributed by atoms with Crippen molar-refractivity contribution < 1.29 is 23.1 Å². The number of likely N-dealkylation sites (tertiary alicyclic amines) is 1. The molecular weight excluding hydrogens is 368 g/mol. The molecule has 1 saturated heterocycles. The Labute approximate surface area is 152 Å². The van der Waals surface area contributed by atoms with E-state index in [1.54, 1.807) is 4.90 Å². The van der Waals surface area contributed by atoms with Crippen molar-refractivity contribution in [2.24, 2.45) is 0 Å². The number of hydrogen-bond acceptors (Lipinski definition) is 4. The van der Waals surface area contributed by atoms with E-state index in [-0.39, 0.29) is 29.7 Å². The van der Waals surface area contributed by atoms with Gasteiger partial charge >= 0.3 is 5.97 Å². The molecule has 1 aromatic carbocycles. The smallest absolute Gasteiger partial charge is 0.303 e. The molecule has 1 aliphatic heterocycles. The van der Waals surface area contributed by atoms with Crippen LogP contribution < -0.4 is 4.72 Å². The molecule has 0 bridgehead atoms. The van der Waals surface area contributed by atoms with Crippen molar-refractivity contribution >= 4 is 33.5 Å². The van der Waals surface area contributed by atoms with Gasteiger partial charge in [-0.15, -0.1) is 0 Å². The molecular formula is C16H21ClN2O5S. The van der Waals surface area contributed by atoms with Crippen molar-refractivity contribution in [1.82, 2.24) is 9.62 Å². The highest BCUT2D eigenvalue weighted by Gasteiger charge is 2.26. The van der Waals surface area contributed by atoms with Gasteiger partial charge in [-0.3, -0.25) is 9.59 Å². The van der Waals surface area contributed by atoms with E-state index in [0.29, 0.717) is 37.4 Å². The predicted molar refractivity (Wildman–Crippen MR) is 92.9 cm³/mol. The van der Waals surface area contributed by atoms with Crippen LogP contribution in [0.4, 0.5) is 0 Å². The number of aliphatic carboxylic acids is 1. The number of carbonyl (C=O) groups is 2. The number of rotatable bonds is 7. The molecule has 0 aliphatic carbocycles. The lowest BCUT2D eigenvalue weighted by molar-refractivity contribution is -0.137. The number of carboxylic acid groups (broad SMARTS) is 1. The number of nitrogens with one attached hydrogen (secondary N) is 1. The molecule has 25 heavy (non-hydrogen) atoms. The van der Waals surface area contributed by atoms with Gasteiger partial charge in [0.15, 0.2) is 0 Å². The van der Waals surface area contributed by atoms with Crippen LogP contribution in [-0.2, 0) is 19.6 Å². The quantitative estimate of drug-likeness (QED) is 0.742. The van der Waals surface area contributed by atoms with Gasteiger partial charge in [-0.05, 0) is 43.5 Å². The fourth-order valence-electron chi connectivity index (χ4n) is 2.70. The maximum absolute atomic E-state index is 12.3. The van der Waals surface area contributed by atoms with Crippen LogP contribution in [0.5, 0.6) is 0 Å². The largest absolute Gasteiger partial charge is 0.481 e. The maximum Gasteiger partial charge on any atom is 0.303 e. The first-order valence-electron chi connectivity index (χ1n) is 8.05. The number of halogens is 1. The van der Waals surface area contributed by atoms with Crippen molar-refractivity contribution in [2.45, 2.75) is 43.0 Å². The molecule has 1 amide bonds. The van der Waals surface area contributed by atoms with Crippen molar-refractivity contribution in [3.63, 3.8) is 0 Å². The molecule has 1 fully saturated rings. The topological polar surface area (TPSA) is 104 Å². The minimum atomic E-state index is -3.62. The molecule has 0 saturated carbocycles. The summed E-state index contributed by atoms with van der Waals surface area (Å²) < 4.78 is 27.3. The first-order valence-corrected chi connectivity index (χ1v) is 9.91. The second-order valence-electron chi connectivity index (χ2n) is 5.98. The summed E-state index contributed by atoms with van der Waals surface area (Å²) in [5.41, 5.74) is 0. The lowest BCUT2D eigenvalue weighted by Gasteiger charge is -2.32. The molecule has 2 rings (SSSR count). The Kier molecular flexibility index (Phi) is 6.80. The van der Waals surface area contributed by atoms with E-state index in [4.69, 9.17) is 16.7 Å². The SMILES string of the molecule is O=C(O)CCCC(=O)N1CCC(NS(=O)(=O)c2ccc(Cl)cc2)CC1. The Morgan fingerprint density at radius 1 is 1.16 bits per heavy atom. The Hall–Kier alpha value is -1.64. The molecule has 1 aliphatic rings. The molecule has 1 aromatic rings. The number of amides is 1. The van der Waals surface area contributed by atoms with Gasteiger partial charge in [-0.1, -0.05) is 11.6 Å². The Morgan fingerprint density at radius 3 is 2.32 bits per heavy atom. The molecule has 0 unspecified atom stereocenters. The standard InChI is InChI=1S/C16H21ClN2O5S/c17-12-4-6-14(7-5-12)25(23,24)18-13-8-10-19(11-9-13)15(20)2-1-3-16(21)22/h4-7,13,18H,1-3,8-11H2,(H,21,22). The van der Waals surface area contributed by atoms with Gasteiger partial charge in [0.1, 0.15) is 0 Å². The van der Waals surface area contributed by atoms with Crippen LogP contribution in [0.15, 0.2) is 29.2 Å². The minimum absolute atomic E-state index is 0.0247. The van der Waals surface area contributed by atoms with Crippen molar-refractivity contribution in [1.29, 1.82) is 0 Å². The zero-order valence-electron chi connectivity index (χ0n) is 13.7. The van der Waals surface area contributed by atoms with Gasteiger partial charge in [-0.25, -0.2) is 13.1 Å². The van der Waals surface area contributed by atoms with Gasteiger partial charge in [0, 0.05) is 37.0 Å². The summed E-state index contributed by atoms with van der Waals surface area (Å²) in [4.78, 5) is 24.3. The molecule has 0 spiro atoms. The van der Waals surface area contributed by atoms with E-state index in [2.05, 4.69) is 4.72 Å². The Balaban J connectivity index is 1.82. The average Bonchev–Trinajstić information content (AvgIpc) is 2.55. The fraction of sp³-hybridized carbons (Fsp3) is 0.500. The summed E-state index contributed by atoms with van der Waals surface area (Å²) >= 11 is 5.77. The summed E-state index contributed by atoms with van der Waals surface area (Å²) in [6.07, 6.45) is 1.54. The van der Waals surface area contributed by atoms with Gasteiger partial charge in [0.2, 0.25) is 15.9 Å². The van der Waals surface area contributed by atoms with Crippen LogP contribution >= 0.6 is 11.6 Å². The summed E-state index contributed by atoms with van der Waals surface area (Å²) in [5, 5.41) is 9.06. The van der Waals surface area contributed by atoms with Crippen LogP contribution in [0.1, 0.15) is 32.1 Å².